The highest BCUT2D eigenvalue weighted by Gasteiger charge is 2.09. The van der Waals surface area contributed by atoms with Crippen LogP contribution in [0.1, 0.15) is 28.5 Å². The van der Waals surface area contributed by atoms with Crippen LogP contribution in [0.5, 0.6) is 0 Å². The van der Waals surface area contributed by atoms with Crippen molar-refractivity contribution in [2.45, 2.75) is 25.9 Å². The van der Waals surface area contributed by atoms with Crippen molar-refractivity contribution >= 4 is 22.9 Å². The number of benzene rings is 1. The summed E-state index contributed by atoms with van der Waals surface area (Å²) in [7, 11) is 0. The summed E-state index contributed by atoms with van der Waals surface area (Å²) in [5.41, 5.74) is 1.96. The van der Waals surface area contributed by atoms with Gasteiger partial charge in [-0.3, -0.25) is 0 Å². The van der Waals surface area contributed by atoms with Gasteiger partial charge in [0.15, 0.2) is 0 Å². The summed E-state index contributed by atoms with van der Waals surface area (Å²) in [5.74, 6) is 0. The Morgan fingerprint density at radius 1 is 1.35 bits per heavy atom. The largest absolute Gasteiger partial charge is 0.388 e. The average Bonchev–Trinajstić information content (AvgIpc) is 2.82. The maximum atomic E-state index is 10.1. The summed E-state index contributed by atoms with van der Waals surface area (Å²) in [4.78, 5) is 1.31. The third-order valence-electron chi connectivity index (χ3n) is 2.81. The Bertz CT molecular complexity index is 479. The Balaban J connectivity index is 1.99. The van der Waals surface area contributed by atoms with Crippen molar-refractivity contribution in [1.29, 1.82) is 0 Å². The van der Waals surface area contributed by atoms with Crippen LogP contribution < -0.4 is 0 Å². The first-order chi connectivity index (χ1) is 8.16. The third kappa shape index (κ3) is 3.32. The number of hydrogen-bond acceptors (Lipinski definition) is 2. The van der Waals surface area contributed by atoms with Crippen LogP contribution in [0.15, 0.2) is 35.7 Å². The molecule has 1 unspecified atom stereocenters. The van der Waals surface area contributed by atoms with Gasteiger partial charge in [-0.05, 0) is 48.4 Å². The summed E-state index contributed by atoms with van der Waals surface area (Å²) in [6.45, 7) is 1.96. The molecule has 90 valence electrons. The fraction of sp³-hybridized carbons (Fsp3) is 0.286. The molecule has 0 spiro atoms. The lowest BCUT2D eigenvalue weighted by atomic mass is 10.0. The van der Waals surface area contributed by atoms with Crippen LogP contribution in [0.3, 0.4) is 0 Å². The van der Waals surface area contributed by atoms with Crippen molar-refractivity contribution in [3.8, 4) is 0 Å². The van der Waals surface area contributed by atoms with Gasteiger partial charge in [-0.2, -0.15) is 0 Å². The Labute approximate surface area is 111 Å². The van der Waals surface area contributed by atoms with E-state index in [-0.39, 0.29) is 0 Å². The highest BCUT2D eigenvalue weighted by Crippen LogP contribution is 2.24. The smallest absolute Gasteiger partial charge is 0.0793 e. The van der Waals surface area contributed by atoms with Crippen molar-refractivity contribution in [2.24, 2.45) is 0 Å². The van der Waals surface area contributed by atoms with Gasteiger partial charge in [0.25, 0.3) is 0 Å². The van der Waals surface area contributed by atoms with Gasteiger partial charge in [-0.25, -0.2) is 0 Å². The van der Waals surface area contributed by atoms with E-state index >= 15 is 0 Å². The summed E-state index contributed by atoms with van der Waals surface area (Å²) in [5, 5.41) is 12.9. The maximum absolute atomic E-state index is 10.1. The zero-order chi connectivity index (χ0) is 12.3. The zero-order valence-corrected chi connectivity index (χ0v) is 11.3. The van der Waals surface area contributed by atoms with Gasteiger partial charge < -0.3 is 5.11 Å². The van der Waals surface area contributed by atoms with Crippen LogP contribution in [0.2, 0.25) is 5.02 Å². The molecule has 1 N–H and O–H groups in total. The van der Waals surface area contributed by atoms with Crippen LogP contribution in [0, 0.1) is 6.92 Å². The monoisotopic (exact) mass is 266 g/mol. The second-order valence-corrected chi connectivity index (χ2v) is 5.58. The molecule has 0 aliphatic carbocycles. The molecule has 1 atom stereocenters. The SMILES string of the molecule is Cc1cc(C(O)CCc2cccs2)ccc1Cl. The van der Waals surface area contributed by atoms with Crippen LogP contribution >= 0.6 is 22.9 Å². The van der Waals surface area contributed by atoms with Crippen LogP contribution in [-0.4, -0.2) is 5.11 Å². The van der Waals surface area contributed by atoms with Crippen molar-refractivity contribution in [1.82, 2.24) is 0 Å². The predicted molar refractivity (Wildman–Crippen MR) is 73.8 cm³/mol. The molecular formula is C14H15ClOS. The number of aliphatic hydroxyl groups excluding tert-OH is 1. The molecule has 1 nitrogen and oxygen atoms in total. The molecule has 1 heterocycles. The highest BCUT2D eigenvalue weighted by atomic mass is 35.5. The van der Waals surface area contributed by atoms with E-state index in [0.29, 0.717) is 0 Å². The van der Waals surface area contributed by atoms with Gasteiger partial charge in [-0.1, -0.05) is 29.8 Å². The van der Waals surface area contributed by atoms with Crippen molar-refractivity contribution < 1.29 is 5.11 Å². The molecule has 1 aromatic heterocycles. The van der Waals surface area contributed by atoms with E-state index in [1.807, 2.05) is 31.2 Å². The number of aryl methyl sites for hydroxylation is 2. The number of halogens is 1. The van der Waals surface area contributed by atoms with Gasteiger partial charge in [0.05, 0.1) is 6.10 Å². The molecule has 0 aliphatic rings. The van der Waals surface area contributed by atoms with Gasteiger partial charge in [-0.15, -0.1) is 11.3 Å². The molecule has 0 saturated carbocycles. The Morgan fingerprint density at radius 3 is 2.82 bits per heavy atom. The Hall–Kier alpha value is -0.830. The zero-order valence-electron chi connectivity index (χ0n) is 9.69. The minimum atomic E-state index is -0.409. The quantitative estimate of drug-likeness (QED) is 0.871. The fourth-order valence-electron chi connectivity index (χ4n) is 1.78. The Morgan fingerprint density at radius 2 is 2.18 bits per heavy atom. The van der Waals surface area contributed by atoms with E-state index in [1.54, 1.807) is 11.3 Å². The maximum Gasteiger partial charge on any atom is 0.0793 e. The second kappa shape index (κ2) is 5.67. The molecule has 17 heavy (non-hydrogen) atoms. The van der Waals surface area contributed by atoms with Gasteiger partial charge in [0, 0.05) is 9.90 Å². The lowest BCUT2D eigenvalue weighted by Crippen LogP contribution is -1.99. The first-order valence-electron chi connectivity index (χ1n) is 5.63. The third-order valence-corrected chi connectivity index (χ3v) is 4.17. The minimum absolute atomic E-state index is 0.409. The number of aliphatic hydroxyl groups is 1. The van der Waals surface area contributed by atoms with E-state index in [0.717, 1.165) is 29.0 Å². The summed E-state index contributed by atoms with van der Waals surface area (Å²) in [6, 6.07) is 9.85. The molecular weight excluding hydrogens is 252 g/mol. The van der Waals surface area contributed by atoms with Crippen LogP contribution in [0.4, 0.5) is 0 Å². The predicted octanol–water partition coefficient (Wildman–Crippen LogP) is 4.38. The highest BCUT2D eigenvalue weighted by molar-refractivity contribution is 7.09. The second-order valence-electron chi connectivity index (χ2n) is 4.14. The summed E-state index contributed by atoms with van der Waals surface area (Å²) in [6.07, 6.45) is 1.26. The molecule has 0 radical (unpaired) electrons. The Kier molecular flexibility index (Phi) is 4.21. The van der Waals surface area contributed by atoms with Crippen molar-refractivity contribution in [2.75, 3.05) is 0 Å². The average molecular weight is 267 g/mol. The molecule has 2 rings (SSSR count). The van der Waals surface area contributed by atoms with Gasteiger partial charge in [0.2, 0.25) is 0 Å². The minimum Gasteiger partial charge on any atom is -0.388 e. The number of hydrogen-bond donors (Lipinski definition) is 1. The standard InChI is InChI=1S/C14H15ClOS/c1-10-9-11(4-6-13(10)15)14(16)7-5-12-3-2-8-17-12/h2-4,6,8-9,14,16H,5,7H2,1H3. The fourth-order valence-corrected chi connectivity index (χ4v) is 2.62. The lowest BCUT2D eigenvalue weighted by molar-refractivity contribution is 0.168. The van der Waals surface area contributed by atoms with Crippen molar-refractivity contribution in [3.05, 3.63) is 56.7 Å². The number of rotatable bonds is 4. The van der Waals surface area contributed by atoms with E-state index in [4.69, 9.17) is 11.6 Å². The summed E-state index contributed by atoms with van der Waals surface area (Å²) >= 11 is 7.70. The number of thiophene rings is 1. The van der Waals surface area contributed by atoms with Crippen molar-refractivity contribution in [3.63, 3.8) is 0 Å². The molecule has 3 heteroatoms. The van der Waals surface area contributed by atoms with Gasteiger partial charge >= 0.3 is 0 Å². The van der Waals surface area contributed by atoms with E-state index in [2.05, 4.69) is 11.4 Å². The molecule has 0 aliphatic heterocycles. The molecule has 1 aromatic carbocycles. The molecule has 0 fully saturated rings. The summed E-state index contributed by atoms with van der Waals surface area (Å²) < 4.78 is 0. The van der Waals surface area contributed by atoms with Crippen LogP contribution in [-0.2, 0) is 6.42 Å². The van der Waals surface area contributed by atoms with E-state index in [9.17, 15) is 5.11 Å². The first kappa shape index (κ1) is 12.6. The molecule has 0 amide bonds. The van der Waals surface area contributed by atoms with Gasteiger partial charge in [0.1, 0.15) is 0 Å². The lowest BCUT2D eigenvalue weighted by Gasteiger charge is -2.11. The molecule has 0 bridgehead atoms. The molecule has 2 aromatic rings. The van der Waals surface area contributed by atoms with Crippen LogP contribution in [0.25, 0.3) is 0 Å². The normalized spacial score (nSPS) is 12.6. The first-order valence-corrected chi connectivity index (χ1v) is 6.89. The van der Waals surface area contributed by atoms with E-state index < -0.39 is 6.10 Å². The molecule has 0 saturated heterocycles. The van der Waals surface area contributed by atoms with E-state index in [1.165, 1.54) is 4.88 Å². The topological polar surface area (TPSA) is 20.2 Å².